The van der Waals surface area contributed by atoms with Gasteiger partial charge in [0.15, 0.2) is 5.11 Å². The third kappa shape index (κ3) is 7.14. The normalized spacial score (nSPS) is 12.0. The number of sulfonamides is 1. The second-order valence-electron chi connectivity index (χ2n) is 4.89. The van der Waals surface area contributed by atoms with Crippen LogP contribution >= 0.6 is 12.2 Å². The van der Waals surface area contributed by atoms with Crippen LogP contribution in [0.5, 0.6) is 0 Å². The molecule has 0 fully saturated rings. The molecule has 0 spiro atoms. The number of alkyl halides is 3. The number of halogens is 3. The van der Waals surface area contributed by atoms with Crippen molar-refractivity contribution in [1.29, 1.82) is 0 Å². The first-order chi connectivity index (χ1) is 10.5. The third-order valence-electron chi connectivity index (χ3n) is 2.81. The molecule has 0 radical (unpaired) electrons. The Hall–Kier alpha value is -1.39. The first-order valence-corrected chi connectivity index (χ1v) is 8.69. The topological polar surface area (TPSA) is 75.4 Å². The number of thiocarbonyl (C=S) groups is 1. The predicted molar refractivity (Wildman–Crippen MR) is 85.2 cm³/mol. The Bertz CT molecular complexity index is 631. The van der Waals surface area contributed by atoms with Crippen molar-refractivity contribution in [2.75, 3.05) is 13.1 Å². The van der Waals surface area contributed by atoms with Crippen LogP contribution in [0.3, 0.4) is 0 Å². The summed E-state index contributed by atoms with van der Waals surface area (Å²) in [7, 11) is -3.84. The largest absolute Gasteiger partial charge is 0.406 e. The average Bonchev–Trinajstić information content (AvgIpc) is 2.42. The number of hydrogen-bond acceptors (Lipinski definition) is 3. The Morgan fingerprint density at radius 1 is 1.30 bits per heavy atom. The van der Waals surface area contributed by atoms with E-state index in [1.54, 1.807) is 0 Å². The third-order valence-corrected chi connectivity index (χ3v) is 4.14. The van der Waals surface area contributed by atoms with Gasteiger partial charge >= 0.3 is 6.18 Å². The van der Waals surface area contributed by atoms with Gasteiger partial charge in [0.2, 0.25) is 10.0 Å². The first kappa shape index (κ1) is 19.7. The van der Waals surface area contributed by atoms with E-state index < -0.39 is 22.7 Å². The zero-order valence-corrected chi connectivity index (χ0v) is 14.1. The monoisotopic (exact) mass is 369 g/mol. The van der Waals surface area contributed by atoms with Crippen LogP contribution in [0.2, 0.25) is 0 Å². The van der Waals surface area contributed by atoms with E-state index in [0.29, 0.717) is 12.1 Å². The summed E-state index contributed by atoms with van der Waals surface area (Å²) < 4.78 is 60.4. The maximum Gasteiger partial charge on any atom is 0.406 e. The Balaban J connectivity index is 2.89. The number of primary sulfonamides is 1. The Labute approximate surface area is 138 Å². The number of nitrogens with one attached hydrogen (secondary N) is 1. The molecule has 0 amide bonds. The van der Waals surface area contributed by atoms with Gasteiger partial charge in [-0.25, -0.2) is 13.6 Å². The van der Waals surface area contributed by atoms with Crippen LogP contribution in [0.1, 0.15) is 18.9 Å². The molecule has 1 aromatic rings. The summed E-state index contributed by atoms with van der Waals surface area (Å²) in [5.74, 6) is 0. The highest BCUT2D eigenvalue weighted by atomic mass is 32.2. The molecule has 0 saturated heterocycles. The molecule has 0 saturated carbocycles. The lowest BCUT2D eigenvalue weighted by Gasteiger charge is -2.27. The van der Waals surface area contributed by atoms with Gasteiger partial charge in [-0.05, 0) is 36.3 Å². The molecule has 130 valence electrons. The van der Waals surface area contributed by atoms with Gasteiger partial charge in [0, 0.05) is 13.1 Å². The summed E-state index contributed by atoms with van der Waals surface area (Å²) in [6, 6.07) is 5.31. The fourth-order valence-corrected chi connectivity index (χ4v) is 2.51. The zero-order chi connectivity index (χ0) is 17.7. The fraction of sp³-hybridized carbons (Fsp3) is 0.462. The van der Waals surface area contributed by atoms with E-state index in [-0.39, 0.29) is 16.6 Å². The van der Waals surface area contributed by atoms with Crippen LogP contribution in [-0.2, 0) is 16.6 Å². The van der Waals surface area contributed by atoms with Crippen LogP contribution in [0, 0.1) is 0 Å². The van der Waals surface area contributed by atoms with Crippen LogP contribution in [0.4, 0.5) is 13.2 Å². The molecule has 1 rings (SSSR count). The summed E-state index contributed by atoms with van der Waals surface area (Å²) >= 11 is 4.99. The van der Waals surface area contributed by atoms with Gasteiger partial charge in [-0.3, -0.25) is 0 Å². The zero-order valence-electron chi connectivity index (χ0n) is 12.4. The van der Waals surface area contributed by atoms with Crippen molar-refractivity contribution in [2.45, 2.75) is 31.0 Å². The van der Waals surface area contributed by atoms with Gasteiger partial charge < -0.3 is 10.2 Å². The molecule has 0 bridgehead atoms. The van der Waals surface area contributed by atoms with Crippen LogP contribution in [0.15, 0.2) is 29.2 Å². The molecule has 23 heavy (non-hydrogen) atoms. The lowest BCUT2D eigenvalue weighted by Crippen LogP contribution is -2.44. The smallest absolute Gasteiger partial charge is 0.363 e. The molecule has 0 heterocycles. The minimum absolute atomic E-state index is 0.000280. The molecule has 5 nitrogen and oxygen atoms in total. The van der Waals surface area contributed by atoms with Gasteiger partial charge in [-0.15, -0.1) is 0 Å². The Morgan fingerprint density at radius 2 is 1.87 bits per heavy atom. The van der Waals surface area contributed by atoms with Crippen LogP contribution < -0.4 is 10.5 Å². The molecule has 0 aromatic heterocycles. The van der Waals surface area contributed by atoms with Gasteiger partial charge in [0.05, 0.1) is 4.90 Å². The van der Waals surface area contributed by atoms with Crippen molar-refractivity contribution in [2.24, 2.45) is 5.14 Å². The van der Waals surface area contributed by atoms with E-state index in [0.717, 1.165) is 11.3 Å². The average molecular weight is 369 g/mol. The molecule has 0 atom stereocenters. The number of hydrogen-bond donors (Lipinski definition) is 2. The summed E-state index contributed by atoms with van der Waals surface area (Å²) in [6.45, 7) is 1.05. The minimum atomic E-state index is -4.40. The van der Waals surface area contributed by atoms with Gasteiger partial charge in [0.25, 0.3) is 0 Å². The molecule has 0 unspecified atom stereocenters. The lowest BCUT2D eigenvalue weighted by atomic mass is 10.2. The van der Waals surface area contributed by atoms with E-state index in [1.165, 1.54) is 24.3 Å². The van der Waals surface area contributed by atoms with Crippen molar-refractivity contribution < 1.29 is 21.6 Å². The van der Waals surface area contributed by atoms with Crippen molar-refractivity contribution in [3.05, 3.63) is 29.8 Å². The Kier molecular flexibility index (Phi) is 6.78. The summed E-state index contributed by atoms with van der Waals surface area (Å²) in [6.07, 6.45) is -3.68. The quantitative estimate of drug-likeness (QED) is 0.750. The second kappa shape index (κ2) is 7.93. The van der Waals surface area contributed by atoms with Crippen LogP contribution in [-0.4, -0.2) is 37.7 Å². The minimum Gasteiger partial charge on any atom is -0.363 e. The van der Waals surface area contributed by atoms with Gasteiger partial charge in [-0.1, -0.05) is 19.1 Å². The van der Waals surface area contributed by atoms with Crippen molar-refractivity contribution >= 4 is 27.4 Å². The van der Waals surface area contributed by atoms with Gasteiger partial charge in [0.1, 0.15) is 6.54 Å². The molecular weight excluding hydrogens is 351 g/mol. The molecule has 0 aliphatic carbocycles. The van der Waals surface area contributed by atoms with E-state index in [1.807, 2.05) is 6.92 Å². The SMILES string of the molecule is CCCNC(=S)N(Cc1ccc(S(N)(=O)=O)cc1)CC(F)(F)F. The van der Waals surface area contributed by atoms with Crippen molar-refractivity contribution in [3.8, 4) is 0 Å². The van der Waals surface area contributed by atoms with Crippen molar-refractivity contribution in [1.82, 2.24) is 10.2 Å². The molecular formula is C13H18F3N3O2S2. The Morgan fingerprint density at radius 3 is 2.30 bits per heavy atom. The summed E-state index contributed by atoms with van der Waals surface area (Å²) in [4.78, 5) is 0.882. The highest BCUT2D eigenvalue weighted by Crippen LogP contribution is 2.19. The fourth-order valence-electron chi connectivity index (χ4n) is 1.76. The summed E-state index contributed by atoms with van der Waals surface area (Å²) in [5, 5.41) is 7.73. The van der Waals surface area contributed by atoms with Crippen molar-refractivity contribution in [3.63, 3.8) is 0 Å². The molecule has 3 N–H and O–H groups in total. The summed E-state index contributed by atoms with van der Waals surface area (Å²) in [5.41, 5.74) is 0.488. The number of benzene rings is 1. The molecule has 10 heteroatoms. The van der Waals surface area contributed by atoms with E-state index in [4.69, 9.17) is 17.4 Å². The lowest BCUT2D eigenvalue weighted by molar-refractivity contribution is -0.138. The molecule has 0 aliphatic heterocycles. The maximum absolute atomic E-state index is 12.7. The first-order valence-electron chi connectivity index (χ1n) is 6.74. The molecule has 0 aliphatic rings. The van der Waals surface area contributed by atoms with Gasteiger partial charge in [-0.2, -0.15) is 13.2 Å². The highest BCUT2D eigenvalue weighted by Gasteiger charge is 2.31. The van der Waals surface area contributed by atoms with Crippen LogP contribution in [0.25, 0.3) is 0 Å². The van der Waals surface area contributed by atoms with E-state index in [9.17, 15) is 21.6 Å². The number of rotatable bonds is 6. The number of nitrogens with zero attached hydrogens (tertiary/aromatic N) is 1. The second-order valence-corrected chi connectivity index (χ2v) is 6.84. The number of nitrogens with two attached hydrogens (primary N) is 1. The maximum atomic E-state index is 12.7. The predicted octanol–water partition coefficient (Wildman–Crippen LogP) is 1.98. The molecule has 1 aromatic carbocycles. The highest BCUT2D eigenvalue weighted by molar-refractivity contribution is 7.89. The standard InChI is InChI=1S/C13H18F3N3O2S2/c1-2-7-18-12(22)19(9-13(14,15)16)8-10-3-5-11(6-4-10)23(17,20)21/h3-6H,2,7-9H2,1H3,(H,18,22)(H2,17,20,21). The van der Waals surface area contributed by atoms with E-state index >= 15 is 0 Å². The van der Waals surface area contributed by atoms with E-state index in [2.05, 4.69) is 5.32 Å².